The number of benzene rings is 18. The molecule has 0 saturated carbocycles. The van der Waals surface area contributed by atoms with Gasteiger partial charge in [-0.2, -0.15) is 0 Å². The average molecular weight is 1780 g/mol. The van der Waals surface area contributed by atoms with Crippen molar-refractivity contribution in [3.05, 3.63) is 361 Å². The van der Waals surface area contributed by atoms with Crippen LogP contribution in [0.2, 0.25) is 0 Å². The number of aromatic hydroxyl groups is 5. The Hall–Kier alpha value is -14.1. The minimum Gasteiger partial charge on any atom is -0.507 e. The highest BCUT2D eigenvalue weighted by Gasteiger charge is 2.23. The SMILES string of the molecule is CC(C)C(=O)Oc1ccccc1-c1ccccc1OC(=O)C(C)C.COc1c(-c2ccc3ccccc3c2OC)ccc2ccccc12.COc1c(B(O)O)ccc2ccccc12.COc1c(Br)ccc2ccccc12.Oc1c(-c2ccc3ccccc3c2O)ccc2ccccc12.Oc1c(Br)ccc2ccccc12.Oc1ccccc1-c1ccccc1O. The molecular formula is C106H91BBr2O15. The van der Waals surface area contributed by atoms with Crippen molar-refractivity contribution in [1.29, 1.82) is 0 Å². The van der Waals surface area contributed by atoms with Gasteiger partial charge in [-0.3, -0.25) is 9.59 Å². The second kappa shape index (κ2) is 42.4. The van der Waals surface area contributed by atoms with Crippen molar-refractivity contribution < 1.29 is 73.6 Å². The normalized spacial score (nSPS) is 10.6. The molecule has 0 bridgehead atoms. The zero-order valence-electron chi connectivity index (χ0n) is 69.4. The van der Waals surface area contributed by atoms with Gasteiger partial charge in [-0.15, -0.1) is 0 Å². The van der Waals surface area contributed by atoms with Crippen LogP contribution < -0.4 is 33.9 Å². The zero-order valence-corrected chi connectivity index (χ0v) is 72.5. The molecule has 0 spiro atoms. The summed E-state index contributed by atoms with van der Waals surface area (Å²) in [6, 6.07) is 111. The highest BCUT2D eigenvalue weighted by atomic mass is 79.9. The maximum Gasteiger partial charge on any atom is 0.492 e. The molecule has 0 saturated heterocycles. The van der Waals surface area contributed by atoms with Gasteiger partial charge in [-0.05, 0) is 130 Å². The van der Waals surface area contributed by atoms with E-state index in [1.165, 1.54) is 12.5 Å². The Morgan fingerprint density at radius 3 is 0.855 bits per heavy atom. The van der Waals surface area contributed by atoms with Crippen molar-refractivity contribution in [2.24, 2.45) is 11.8 Å². The van der Waals surface area contributed by atoms with E-state index in [1.54, 1.807) is 116 Å². The number of hydrogen-bond donors (Lipinski definition) is 7. The lowest BCUT2D eigenvalue weighted by Crippen LogP contribution is -2.31. The molecule has 0 aromatic heterocycles. The minimum absolute atomic E-state index is 0.175. The van der Waals surface area contributed by atoms with Gasteiger partial charge < -0.3 is 64.0 Å². The van der Waals surface area contributed by atoms with Crippen LogP contribution in [0.5, 0.6) is 63.2 Å². The second-order valence-electron chi connectivity index (χ2n) is 29.0. The predicted molar refractivity (Wildman–Crippen MR) is 510 cm³/mol. The number of para-hydroxylation sites is 4. The highest BCUT2D eigenvalue weighted by Crippen LogP contribution is 2.46. The van der Waals surface area contributed by atoms with Gasteiger partial charge in [-0.1, -0.05) is 319 Å². The first-order valence-electron chi connectivity index (χ1n) is 39.8. The largest absolute Gasteiger partial charge is 0.507 e. The fraction of sp³-hybridized carbons (Fsp3) is 0.0943. The summed E-state index contributed by atoms with van der Waals surface area (Å²) < 4.78 is 34.8. The van der Waals surface area contributed by atoms with E-state index in [2.05, 4.69) is 98.6 Å². The zero-order chi connectivity index (χ0) is 87.9. The van der Waals surface area contributed by atoms with E-state index in [4.69, 9.17) is 28.4 Å². The van der Waals surface area contributed by atoms with Crippen LogP contribution in [0.4, 0.5) is 0 Å². The quantitative estimate of drug-likeness (QED) is 0.0323. The van der Waals surface area contributed by atoms with Crippen LogP contribution in [0.25, 0.3) is 120 Å². The molecule has 124 heavy (non-hydrogen) atoms. The van der Waals surface area contributed by atoms with Gasteiger partial charge in [0.05, 0.1) is 49.2 Å². The molecule has 18 aromatic rings. The molecule has 18 aromatic carbocycles. The van der Waals surface area contributed by atoms with Gasteiger partial charge in [0.1, 0.15) is 63.2 Å². The third-order valence-corrected chi connectivity index (χ3v) is 21.6. The number of fused-ring (bicyclic) bond motifs is 7. The summed E-state index contributed by atoms with van der Waals surface area (Å²) in [6.07, 6.45) is 0. The number of methoxy groups -OCH3 is 4. The first-order valence-corrected chi connectivity index (χ1v) is 41.4. The van der Waals surface area contributed by atoms with Crippen molar-refractivity contribution in [3.8, 4) is 108 Å². The van der Waals surface area contributed by atoms with Gasteiger partial charge in [0, 0.05) is 87.7 Å². The van der Waals surface area contributed by atoms with Gasteiger partial charge in [0.2, 0.25) is 0 Å². The lowest BCUT2D eigenvalue weighted by atomic mass is 9.78. The minimum atomic E-state index is -1.51. The number of phenolic OH excluding ortho intramolecular Hbond substituents is 5. The lowest BCUT2D eigenvalue weighted by Gasteiger charge is -2.16. The number of ether oxygens (including phenoxy) is 6. The monoisotopic (exact) mass is 1770 g/mol. The molecule has 622 valence electrons. The molecule has 0 aliphatic heterocycles. The van der Waals surface area contributed by atoms with Crippen LogP contribution >= 0.6 is 31.9 Å². The van der Waals surface area contributed by atoms with Crippen molar-refractivity contribution in [2.45, 2.75) is 27.7 Å². The molecule has 0 heterocycles. The Bertz CT molecular complexity index is 6520. The smallest absolute Gasteiger partial charge is 0.492 e. The molecule has 0 aliphatic rings. The van der Waals surface area contributed by atoms with E-state index < -0.39 is 7.12 Å². The van der Waals surface area contributed by atoms with Gasteiger partial charge in [-0.25, -0.2) is 0 Å². The van der Waals surface area contributed by atoms with E-state index in [0.717, 1.165) is 107 Å². The third-order valence-electron chi connectivity index (χ3n) is 20.4. The fourth-order valence-corrected chi connectivity index (χ4v) is 14.9. The average Bonchev–Trinajstić information content (AvgIpc) is 0.732. The maximum atomic E-state index is 11.9. The summed E-state index contributed by atoms with van der Waals surface area (Å²) in [5.41, 5.74) is 6.45. The third kappa shape index (κ3) is 21.1. The summed E-state index contributed by atoms with van der Waals surface area (Å²) in [7, 11) is 5.14. The van der Waals surface area contributed by atoms with Crippen molar-refractivity contribution in [3.63, 3.8) is 0 Å². The molecule has 0 atom stereocenters. The van der Waals surface area contributed by atoms with Gasteiger partial charge >= 0.3 is 19.1 Å². The van der Waals surface area contributed by atoms with Crippen LogP contribution in [0, 0.1) is 11.8 Å². The molecule has 0 radical (unpaired) electrons. The number of carbonyl (C=O) groups is 2. The Morgan fingerprint density at radius 1 is 0.258 bits per heavy atom. The van der Waals surface area contributed by atoms with E-state index in [0.29, 0.717) is 61.8 Å². The molecular weight excluding hydrogens is 1680 g/mol. The Labute approximate surface area is 736 Å². The Kier molecular flexibility index (Phi) is 30.5. The van der Waals surface area contributed by atoms with E-state index >= 15 is 0 Å². The molecule has 0 amide bonds. The van der Waals surface area contributed by atoms with E-state index in [9.17, 15) is 45.2 Å². The number of halogens is 2. The van der Waals surface area contributed by atoms with Crippen molar-refractivity contribution in [1.82, 2.24) is 0 Å². The number of phenols is 5. The van der Waals surface area contributed by atoms with Crippen LogP contribution in [0.3, 0.4) is 0 Å². The predicted octanol–water partition coefficient (Wildman–Crippen LogP) is 25.4. The summed E-state index contributed by atoms with van der Waals surface area (Å²) >= 11 is 6.72. The first-order chi connectivity index (χ1) is 60.1. The van der Waals surface area contributed by atoms with E-state index in [-0.39, 0.29) is 46.8 Å². The standard InChI is InChI=1S/C22H18O2.C20H22O4.C20H14O2.C12H10O2.C11H11BO3.C11H9BrO.C10H7BrO/c1-23-21-17-9-5-3-7-15(17)11-13-19(21)20-14-12-16-8-4-6-10-18(16)22(20)24-2;1-13(2)19(21)23-17-11-7-5-9-15(17)16-10-6-8-12-18(16)24-20(22)14(3)4;21-19-15-7-3-1-5-13(15)9-11-17(19)18-12-10-14-6-2-4-8-16(14)20(18)22;13-11-7-3-1-5-9(11)10-6-2-4-8-12(10)14;1-15-11-9-5-3-2-4-8(9)6-7-10(11)12(13)14;1-13-11-9-5-3-2-4-8(9)6-7-10(11)12;11-9-6-5-7-3-1-2-4-8(7)10(9)12/h3-14H,1-2H3;5-14H,1-4H3;1-12,21-22H;1-8,13-14H;2-7,13-14H,1H3;2-7H,1H3;1-6,12H. The lowest BCUT2D eigenvalue weighted by molar-refractivity contribution is -0.138. The topological polar surface area (TPSA) is 231 Å². The number of esters is 2. The summed E-state index contributed by atoms with van der Waals surface area (Å²) in [6.45, 7) is 7.12. The fourth-order valence-electron chi connectivity index (χ4n) is 14.0. The first kappa shape index (κ1) is 89.1. The van der Waals surface area contributed by atoms with Gasteiger partial charge in [0.15, 0.2) is 0 Å². The summed E-state index contributed by atoms with van der Waals surface area (Å²) in [5, 5.41) is 82.5. The van der Waals surface area contributed by atoms with Crippen LogP contribution in [0.1, 0.15) is 27.7 Å². The molecule has 0 aliphatic carbocycles. The molecule has 7 N–H and O–H groups in total. The Balaban J connectivity index is 0.000000134. The van der Waals surface area contributed by atoms with Crippen LogP contribution in [-0.4, -0.2) is 83.1 Å². The van der Waals surface area contributed by atoms with Crippen LogP contribution in [-0.2, 0) is 9.59 Å². The Morgan fingerprint density at radius 2 is 0.516 bits per heavy atom. The molecule has 0 fully saturated rings. The molecule has 0 unspecified atom stereocenters. The van der Waals surface area contributed by atoms with Crippen molar-refractivity contribution in [2.75, 3.05) is 28.4 Å². The number of carbonyl (C=O) groups excluding carboxylic acids is 2. The summed E-state index contributed by atoms with van der Waals surface area (Å²) in [5.74, 6) is 4.05. The van der Waals surface area contributed by atoms with E-state index in [1.807, 2.05) is 218 Å². The van der Waals surface area contributed by atoms with Crippen LogP contribution in [0.15, 0.2) is 361 Å². The molecule has 18 heteroatoms. The number of hydrogen-bond acceptors (Lipinski definition) is 15. The summed E-state index contributed by atoms with van der Waals surface area (Å²) in [4.78, 5) is 23.9. The maximum absolute atomic E-state index is 11.9. The number of rotatable bonds is 13. The second-order valence-corrected chi connectivity index (χ2v) is 30.7. The van der Waals surface area contributed by atoms with Crippen molar-refractivity contribution >= 4 is 132 Å². The van der Waals surface area contributed by atoms with Gasteiger partial charge in [0.25, 0.3) is 0 Å². The highest BCUT2D eigenvalue weighted by molar-refractivity contribution is 9.11. The molecule has 15 nitrogen and oxygen atoms in total. The molecule has 18 rings (SSSR count).